The lowest BCUT2D eigenvalue weighted by Crippen LogP contribution is -2.36. The van der Waals surface area contributed by atoms with Gasteiger partial charge in [-0.1, -0.05) is 36.8 Å². The smallest absolute Gasteiger partial charge is 0.163 e. The highest BCUT2D eigenvalue weighted by Gasteiger charge is 2.20. The van der Waals surface area contributed by atoms with E-state index in [1.54, 1.807) is 12.1 Å². The lowest BCUT2D eigenvalue weighted by atomic mass is 10.1. The fraction of sp³-hybridized carbons (Fsp3) is 0.533. The van der Waals surface area contributed by atoms with Gasteiger partial charge in [0.25, 0.3) is 0 Å². The van der Waals surface area contributed by atoms with Crippen molar-refractivity contribution in [2.75, 3.05) is 13.1 Å². The van der Waals surface area contributed by atoms with Crippen LogP contribution in [-0.2, 0) is 0 Å². The molecule has 0 N–H and O–H groups in total. The summed E-state index contributed by atoms with van der Waals surface area (Å²) in [4.78, 5) is 13.7. The van der Waals surface area contributed by atoms with E-state index in [4.69, 9.17) is 0 Å². The zero-order valence-electron chi connectivity index (χ0n) is 10.6. The Hall–Kier alpha value is -1.22. The van der Waals surface area contributed by atoms with Gasteiger partial charge in [0, 0.05) is 25.1 Å². The number of carbonyl (C=O) groups is 1. The number of ketones is 1. The van der Waals surface area contributed by atoms with E-state index < -0.39 is 6.30 Å². The summed E-state index contributed by atoms with van der Waals surface area (Å²) >= 11 is 0. The normalized spacial score (nSPS) is 18.5. The van der Waals surface area contributed by atoms with E-state index in [-0.39, 0.29) is 5.78 Å². The molecular weight excluding hydrogens is 229 g/mol. The predicted molar refractivity (Wildman–Crippen MR) is 70.3 cm³/mol. The second kappa shape index (κ2) is 6.64. The predicted octanol–water partition coefficient (Wildman–Crippen LogP) is 3.43. The number of rotatable bonds is 5. The van der Waals surface area contributed by atoms with Gasteiger partial charge in [0.05, 0.1) is 0 Å². The monoisotopic (exact) mass is 249 g/mol. The van der Waals surface area contributed by atoms with Crippen molar-refractivity contribution >= 4 is 5.78 Å². The quantitative estimate of drug-likeness (QED) is 0.588. The summed E-state index contributed by atoms with van der Waals surface area (Å²) in [6, 6.07) is 9.13. The van der Waals surface area contributed by atoms with Crippen molar-refractivity contribution in [3.8, 4) is 0 Å². The van der Waals surface area contributed by atoms with Gasteiger partial charge in [-0.05, 0) is 19.3 Å². The molecule has 0 aromatic heterocycles. The van der Waals surface area contributed by atoms with Gasteiger partial charge >= 0.3 is 0 Å². The Labute approximate surface area is 108 Å². The summed E-state index contributed by atoms with van der Waals surface area (Å²) in [5.41, 5.74) is 0.684. The minimum atomic E-state index is -0.960. The van der Waals surface area contributed by atoms with Gasteiger partial charge in [-0.25, -0.2) is 4.39 Å². The molecule has 0 radical (unpaired) electrons. The Bertz CT molecular complexity index is 373. The molecule has 1 atom stereocenters. The highest BCUT2D eigenvalue weighted by molar-refractivity contribution is 5.95. The molecule has 1 unspecified atom stereocenters. The molecule has 1 aromatic rings. The molecule has 0 spiro atoms. The number of halogens is 1. The van der Waals surface area contributed by atoms with Crippen LogP contribution in [-0.4, -0.2) is 30.1 Å². The third-order valence-corrected chi connectivity index (χ3v) is 3.49. The van der Waals surface area contributed by atoms with Gasteiger partial charge < -0.3 is 0 Å². The van der Waals surface area contributed by atoms with Crippen LogP contribution in [0.4, 0.5) is 4.39 Å². The largest absolute Gasteiger partial charge is 0.294 e. The number of alkyl halides is 1. The average molecular weight is 249 g/mol. The van der Waals surface area contributed by atoms with Crippen molar-refractivity contribution in [1.82, 2.24) is 4.90 Å². The Morgan fingerprint density at radius 3 is 2.50 bits per heavy atom. The zero-order valence-corrected chi connectivity index (χ0v) is 10.6. The minimum Gasteiger partial charge on any atom is -0.294 e. The molecular formula is C15H20FNO. The third kappa shape index (κ3) is 3.64. The maximum Gasteiger partial charge on any atom is 0.163 e. The van der Waals surface area contributed by atoms with Gasteiger partial charge in [0.15, 0.2) is 12.1 Å². The topological polar surface area (TPSA) is 20.3 Å². The number of hydrogen-bond donors (Lipinski definition) is 0. The zero-order chi connectivity index (χ0) is 12.8. The Balaban J connectivity index is 1.78. The Morgan fingerprint density at radius 1 is 1.17 bits per heavy atom. The van der Waals surface area contributed by atoms with E-state index in [9.17, 15) is 9.18 Å². The number of nitrogens with zero attached hydrogens (tertiary/aromatic N) is 1. The van der Waals surface area contributed by atoms with E-state index in [1.165, 1.54) is 6.42 Å². The molecule has 1 aliphatic rings. The number of carbonyl (C=O) groups excluding carboxylic acids is 1. The van der Waals surface area contributed by atoms with E-state index >= 15 is 0 Å². The molecule has 0 aliphatic carbocycles. The van der Waals surface area contributed by atoms with Crippen LogP contribution in [0, 0.1) is 0 Å². The first-order valence-corrected chi connectivity index (χ1v) is 6.74. The highest BCUT2D eigenvalue weighted by atomic mass is 19.1. The molecule has 98 valence electrons. The van der Waals surface area contributed by atoms with Crippen molar-refractivity contribution in [2.45, 2.75) is 38.4 Å². The van der Waals surface area contributed by atoms with Crippen molar-refractivity contribution in [3.63, 3.8) is 0 Å². The minimum absolute atomic E-state index is 0.0373. The first-order valence-electron chi connectivity index (χ1n) is 6.74. The van der Waals surface area contributed by atoms with Gasteiger partial charge in [-0.15, -0.1) is 0 Å². The number of piperidine rings is 1. The van der Waals surface area contributed by atoms with Crippen LogP contribution in [0.2, 0.25) is 0 Å². The molecule has 2 rings (SSSR count). The van der Waals surface area contributed by atoms with Crippen LogP contribution in [0.15, 0.2) is 30.3 Å². The first-order chi connectivity index (χ1) is 8.77. The summed E-state index contributed by atoms with van der Waals surface area (Å²) in [6.07, 6.45) is 3.00. The summed E-state index contributed by atoms with van der Waals surface area (Å²) in [5.74, 6) is 0.0373. The maximum absolute atomic E-state index is 13.9. The van der Waals surface area contributed by atoms with Crippen LogP contribution in [0.25, 0.3) is 0 Å². The third-order valence-electron chi connectivity index (χ3n) is 3.49. The second-order valence-electron chi connectivity index (χ2n) is 4.86. The van der Waals surface area contributed by atoms with Crippen molar-refractivity contribution in [2.24, 2.45) is 0 Å². The molecule has 0 bridgehead atoms. The molecule has 2 nitrogen and oxygen atoms in total. The summed E-state index contributed by atoms with van der Waals surface area (Å²) in [7, 11) is 0. The Morgan fingerprint density at radius 2 is 1.83 bits per heavy atom. The molecule has 1 aromatic carbocycles. The lowest BCUT2D eigenvalue weighted by molar-refractivity contribution is 0.0536. The fourth-order valence-electron chi connectivity index (χ4n) is 2.40. The van der Waals surface area contributed by atoms with Crippen LogP contribution < -0.4 is 0 Å². The van der Waals surface area contributed by atoms with Gasteiger partial charge in [-0.2, -0.15) is 0 Å². The van der Waals surface area contributed by atoms with Crippen LogP contribution >= 0.6 is 0 Å². The van der Waals surface area contributed by atoms with E-state index in [0.717, 1.165) is 25.9 Å². The van der Waals surface area contributed by atoms with Crippen LogP contribution in [0.5, 0.6) is 0 Å². The van der Waals surface area contributed by atoms with E-state index in [1.807, 2.05) is 23.1 Å². The number of likely N-dealkylation sites (tertiary alicyclic amines) is 1. The number of benzene rings is 1. The van der Waals surface area contributed by atoms with Crippen LogP contribution in [0.1, 0.15) is 42.5 Å². The van der Waals surface area contributed by atoms with Gasteiger partial charge in [0.1, 0.15) is 0 Å². The van der Waals surface area contributed by atoms with E-state index in [2.05, 4.69) is 0 Å². The molecule has 0 saturated carbocycles. The number of Topliss-reactive ketones (excluding diaryl/α,β-unsaturated/α-hetero) is 1. The molecule has 1 saturated heterocycles. The standard InChI is InChI=1S/C15H20FNO/c16-15(17-11-5-2-6-12-17)10-9-14(18)13-7-3-1-4-8-13/h1,3-4,7-8,15H,2,5-6,9-12H2. The summed E-state index contributed by atoms with van der Waals surface area (Å²) in [6.45, 7) is 1.67. The molecule has 1 aliphatic heterocycles. The molecule has 3 heteroatoms. The van der Waals surface area contributed by atoms with Crippen molar-refractivity contribution < 1.29 is 9.18 Å². The highest BCUT2D eigenvalue weighted by Crippen LogP contribution is 2.17. The van der Waals surface area contributed by atoms with E-state index in [0.29, 0.717) is 18.4 Å². The van der Waals surface area contributed by atoms with Gasteiger partial charge in [0.2, 0.25) is 0 Å². The number of hydrogen-bond acceptors (Lipinski definition) is 2. The first kappa shape index (κ1) is 13.2. The Kier molecular flexibility index (Phi) is 4.88. The summed E-state index contributed by atoms with van der Waals surface area (Å²) in [5, 5.41) is 0. The molecule has 0 amide bonds. The fourth-order valence-corrected chi connectivity index (χ4v) is 2.40. The van der Waals surface area contributed by atoms with Gasteiger partial charge in [-0.3, -0.25) is 9.69 Å². The van der Waals surface area contributed by atoms with Crippen molar-refractivity contribution in [3.05, 3.63) is 35.9 Å². The lowest BCUT2D eigenvalue weighted by Gasteiger charge is -2.29. The summed E-state index contributed by atoms with van der Waals surface area (Å²) < 4.78 is 13.9. The second-order valence-corrected chi connectivity index (χ2v) is 4.86. The van der Waals surface area contributed by atoms with Crippen LogP contribution in [0.3, 0.4) is 0 Å². The molecule has 1 heterocycles. The molecule has 18 heavy (non-hydrogen) atoms. The van der Waals surface area contributed by atoms with Crippen molar-refractivity contribution in [1.29, 1.82) is 0 Å². The average Bonchev–Trinajstić information content (AvgIpc) is 2.46. The maximum atomic E-state index is 13.9. The molecule has 1 fully saturated rings. The SMILES string of the molecule is O=C(CCC(F)N1CCCCC1)c1ccccc1.